The van der Waals surface area contributed by atoms with E-state index in [-0.39, 0.29) is 23.0 Å². The third-order valence-electron chi connectivity index (χ3n) is 4.36. The number of nitro benzene ring substituents is 1. The van der Waals surface area contributed by atoms with E-state index in [0.717, 1.165) is 38.9 Å². The number of halogens is 1. The molecular weight excluding hydrogens is 318 g/mol. The van der Waals surface area contributed by atoms with Crippen LogP contribution in [0.3, 0.4) is 0 Å². The maximum Gasteiger partial charge on any atom is 0.270 e. The van der Waals surface area contributed by atoms with Gasteiger partial charge in [0.25, 0.3) is 5.69 Å². The summed E-state index contributed by atoms with van der Waals surface area (Å²) in [7, 11) is 1.95. The predicted molar refractivity (Wildman–Crippen MR) is 89.7 cm³/mol. The molecule has 126 valence electrons. The lowest BCUT2D eigenvalue weighted by molar-refractivity contribution is -0.384. The lowest BCUT2D eigenvalue weighted by Crippen LogP contribution is -2.39. The van der Waals surface area contributed by atoms with Gasteiger partial charge in [-0.2, -0.15) is 0 Å². The number of rotatable bonds is 6. The van der Waals surface area contributed by atoms with Gasteiger partial charge in [0.1, 0.15) is 0 Å². The number of nitro groups is 1. The van der Waals surface area contributed by atoms with Gasteiger partial charge in [0, 0.05) is 25.2 Å². The third kappa shape index (κ3) is 4.91. The molecule has 1 aromatic rings. The van der Waals surface area contributed by atoms with Crippen LogP contribution in [0, 0.1) is 16.0 Å². The molecule has 1 N–H and O–H groups in total. The highest BCUT2D eigenvalue weighted by molar-refractivity contribution is 6.31. The highest BCUT2D eigenvalue weighted by atomic mass is 35.5. The fraction of sp³-hybridized carbons (Fsp3) is 0.562. The SMILES string of the molecule is CNCCC1CCN(C(=O)Cc2ccc([N+](=O)[O-])cc2Cl)CC1. The predicted octanol–water partition coefficient (Wildman–Crippen LogP) is 2.64. The Kier molecular flexibility index (Phi) is 6.36. The maximum atomic E-state index is 12.4. The van der Waals surface area contributed by atoms with Crippen LogP contribution in [0.1, 0.15) is 24.8 Å². The van der Waals surface area contributed by atoms with Gasteiger partial charge in [-0.3, -0.25) is 14.9 Å². The summed E-state index contributed by atoms with van der Waals surface area (Å²) in [5.74, 6) is 0.710. The zero-order chi connectivity index (χ0) is 16.8. The van der Waals surface area contributed by atoms with E-state index in [0.29, 0.717) is 11.5 Å². The first-order valence-corrected chi connectivity index (χ1v) is 8.24. The molecule has 1 aliphatic rings. The molecule has 1 saturated heterocycles. The standard InChI is InChI=1S/C16H22ClN3O3/c1-18-7-4-12-5-8-19(9-6-12)16(21)10-13-2-3-14(20(22)23)11-15(13)17/h2-3,11-12,18H,4-10H2,1H3. The van der Waals surface area contributed by atoms with E-state index in [1.165, 1.54) is 12.1 Å². The first kappa shape index (κ1) is 17.7. The number of benzene rings is 1. The second kappa shape index (κ2) is 8.26. The number of non-ortho nitro benzene ring substituents is 1. The van der Waals surface area contributed by atoms with Crippen molar-refractivity contribution in [1.29, 1.82) is 0 Å². The molecule has 1 amide bonds. The van der Waals surface area contributed by atoms with Crippen molar-refractivity contribution in [3.8, 4) is 0 Å². The van der Waals surface area contributed by atoms with Crippen molar-refractivity contribution in [2.24, 2.45) is 5.92 Å². The van der Waals surface area contributed by atoms with Crippen LogP contribution in [-0.4, -0.2) is 42.4 Å². The van der Waals surface area contributed by atoms with Crippen molar-refractivity contribution in [3.63, 3.8) is 0 Å². The molecule has 0 bridgehead atoms. The topological polar surface area (TPSA) is 75.5 Å². The average Bonchev–Trinajstić information content (AvgIpc) is 2.55. The number of nitrogens with zero attached hydrogens (tertiary/aromatic N) is 2. The second-order valence-corrected chi connectivity index (χ2v) is 6.33. The summed E-state index contributed by atoms with van der Waals surface area (Å²) in [6, 6.07) is 4.25. The van der Waals surface area contributed by atoms with Crippen LogP contribution in [0.15, 0.2) is 18.2 Å². The summed E-state index contributed by atoms with van der Waals surface area (Å²) in [6.45, 7) is 2.56. The first-order valence-electron chi connectivity index (χ1n) is 7.86. The lowest BCUT2D eigenvalue weighted by Gasteiger charge is -2.32. The Bertz CT molecular complexity index is 572. The number of amides is 1. The lowest BCUT2D eigenvalue weighted by atomic mass is 9.93. The molecule has 0 spiro atoms. The second-order valence-electron chi connectivity index (χ2n) is 5.93. The summed E-state index contributed by atoms with van der Waals surface area (Å²) >= 11 is 6.05. The number of piperidine rings is 1. The van der Waals surface area contributed by atoms with Gasteiger partial charge in [-0.15, -0.1) is 0 Å². The van der Waals surface area contributed by atoms with Gasteiger partial charge in [0.15, 0.2) is 0 Å². The van der Waals surface area contributed by atoms with Gasteiger partial charge in [0.2, 0.25) is 5.91 Å². The molecule has 1 fully saturated rings. The average molecular weight is 340 g/mol. The van der Waals surface area contributed by atoms with Crippen LogP contribution in [-0.2, 0) is 11.2 Å². The maximum absolute atomic E-state index is 12.4. The number of hydrogen-bond acceptors (Lipinski definition) is 4. The van der Waals surface area contributed by atoms with E-state index >= 15 is 0 Å². The Hall–Kier alpha value is -1.66. The number of nitrogens with one attached hydrogen (secondary N) is 1. The normalized spacial score (nSPS) is 15.7. The molecule has 0 saturated carbocycles. The molecule has 0 atom stereocenters. The van der Waals surface area contributed by atoms with Crippen molar-refractivity contribution >= 4 is 23.2 Å². The molecule has 0 aliphatic carbocycles. The van der Waals surface area contributed by atoms with E-state index in [1.807, 2.05) is 11.9 Å². The Labute approximate surface area is 141 Å². The number of likely N-dealkylation sites (tertiary alicyclic amines) is 1. The van der Waals surface area contributed by atoms with E-state index in [2.05, 4.69) is 5.32 Å². The molecule has 1 aromatic carbocycles. The van der Waals surface area contributed by atoms with Crippen LogP contribution in [0.2, 0.25) is 5.02 Å². The van der Waals surface area contributed by atoms with Gasteiger partial charge >= 0.3 is 0 Å². The summed E-state index contributed by atoms with van der Waals surface area (Å²) in [4.78, 5) is 24.5. The van der Waals surface area contributed by atoms with Crippen molar-refractivity contribution in [3.05, 3.63) is 38.9 Å². The number of hydrogen-bond donors (Lipinski definition) is 1. The van der Waals surface area contributed by atoms with Crippen LogP contribution in [0.4, 0.5) is 5.69 Å². The Morgan fingerprint density at radius 1 is 1.43 bits per heavy atom. The smallest absolute Gasteiger partial charge is 0.270 e. The minimum Gasteiger partial charge on any atom is -0.342 e. The van der Waals surface area contributed by atoms with Gasteiger partial charge in [-0.05, 0) is 44.3 Å². The minimum absolute atomic E-state index is 0.0350. The quantitative estimate of drug-likeness (QED) is 0.638. The summed E-state index contributed by atoms with van der Waals surface area (Å²) in [5, 5.41) is 14.1. The van der Waals surface area contributed by atoms with Crippen molar-refractivity contribution in [2.75, 3.05) is 26.7 Å². The molecule has 6 nitrogen and oxygen atoms in total. The molecular formula is C16H22ClN3O3. The fourth-order valence-electron chi connectivity index (χ4n) is 2.89. The highest BCUT2D eigenvalue weighted by Crippen LogP contribution is 2.25. The van der Waals surface area contributed by atoms with Gasteiger partial charge in [-0.1, -0.05) is 17.7 Å². The molecule has 1 heterocycles. The largest absolute Gasteiger partial charge is 0.342 e. The minimum atomic E-state index is -0.493. The van der Waals surface area contributed by atoms with E-state index in [9.17, 15) is 14.9 Å². The third-order valence-corrected chi connectivity index (χ3v) is 4.71. The number of carbonyl (C=O) groups is 1. The van der Waals surface area contributed by atoms with Gasteiger partial charge in [-0.25, -0.2) is 0 Å². The summed E-state index contributed by atoms with van der Waals surface area (Å²) in [5.41, 5.74) is 0.580. The van der Waals surface area contributed by atoms with Gasteiger partial charge in [0.05, 0.1) is 16.4 Å². The van der Waals surface area contributed by atoms with Crippen LogP contribution >= 0.6 is 11.6 Å². The van der Waals surface area contributed by atoms with Crippen LogP contribution in [0.5, 0.6) is 0 Å². The van der Waals surface area contributed by atoms with E-state index in [4.69, 9.17) is 11.6 Å². The van der Waals surface area contributed by atoms with Crippen LogP contribution in [0.25, 0.3) is 0 Å². The Morgan fingerprint density at radius 2 is 2.13 bits per heavy atom. The van der Waals surface area contributed by atoms with Crippen molar-refractivity contribution in [2.45, 2.75) is 25.7 Å². The van der Waals surface area contributed by atoms with Gasteiger partial charge < -0.3 is 10.2 Å². The Morgan fingerprint density at radius 3 is 2.70 bits per heavy atom. The molecule has 0 unspecified atom stereocenters. The molecule has 7 heteroatoms. The molecule has 23 heavy (non-hydrogen) atoms. The molecule has 1 aliphatic heterocycles. The summed E-state index contributed by atoms with van der Waals surface area (Å²) in [6.07, 6.45) is 3.40. The molecule has 0 aromatic heterocycles. The zero-order valence-electron chi connectivity index (χ0n) is 13.3. The monoisotopic (exact) mass is 339 g/mol. The van der Waals surface area contributed by atoms with Crippen molar-refractivity contribution < 1.29 is 9.72 Å². The molecule has 2 rings (SSSR count). The highest BCUT2D eigenvalue weighted by Gasteiger charge is 2.23. The van der Waals surface area contributed by atoms with E-state index < -0.39 is 4.92 Å². The zero-order valence-corrected chi connectivity index (χ0v) is 14.0. The van der Waals surface area contributed by atoms with E-state index in [1.54, 1.807) is 6.07 Å². The first-order chi connectivity index (χ1) is 11.0. The molecule has 0 radical (unpaired) electrons. The Balaban J connectivity index is 1.89. The van der Waals surface area contributed by atoms with Crippen molar-refractivity contribution in [1.82, 2.24) is 10.2 Å². The number of carbonyl (C=O) groups excluding carboxylic acids is 1. The summed E-state index contributed by atoms with van der Waals surface area (Å²) < 4.78 is 0. The fourth-order valence-corrected chi connectivity index (χ4v) is 3.13. The van der Waals surface area contributed by atoms with Crippen LogP contribution < -0.4 is 5.32 Å².